The van der Waals surface area contributed by atoms with Crippen molar-refractivity contribution in [2.75, 3.05) is 13.1 Å². The van der Waals surface area contributed by atoms with Gasteiger partial charge >= 0.3 is 0 Å². The minimum Gasteiger partial charge on any atom is -0.349 e. The molecule has 1 amide bonds. The van der Waals surface area contributed by atoms with Gasteiger partial charge in [-0.3, -0.25) is 9.69 Å². The van der Waals surface area contributed by atoms with Crippen molar-refractivity contribution in [3.8, 4) is 0 Å². The number of carbonyl (C=O) groups excluding carboxylic acids is 1. The van der Waals surface area contributed by atoms with E-state index < -0.39 is 0 Å². The maximum absolute atomic E-state index is 13.0. The number of hydrogen-bond acceptors (Lipinski definition) is 2. The van der Waals surface area contributed by atoms with Gasteiger partial charge in [0.25, 0.3) is 0 Å². The van der Waals surface area contributed by atoms with Crippen LogP contribution in [0.4, 0.5) is 4.39 Å². The number of rotatable bonds is 5. The Morgan fingerprint density at radius 3 is 2.54 bits per heavy atom. The van der Waals surface area contributed by atoms with Crippen molar-refractivity contribution >= 4 is 5.91 Å². The number of benzene rings is 2. The molecule has 2 aromatic rings. The van der Waals surface area contributed by atoms with Crippen molar-refractivity contribution in [3.63, 3.8) is 0 Å². The molecule has 3 nitrogen and oxygen atoms in total. The van der Waals surface area contributed by atoms with E-state index in [1.807, 2.05) is 6.92 Å². The number of piperidine rings is 1. The van der Waals surface area contributed by atoms with Crippen molar-refractivity contribution in [1.82, 2.24) is 10.2 Å². The van der Waals surface area contributed by atoms with E-state index in [4.69, 9.17) is 0 Å². The number of carbonyl (C=O) groups is 1. The average molecular weight is 354 g/mol. The highest BCUT2D eigenvalue weighted by Gasteiger charge is 2.26. The maximum atomic E-state index is 13.0. The normalized spacial score (nSPS) is 17.0. The van der Waals surface area contributed by atoms with Crippen LogP contribution in [-0.4, -0.2) is 23.9 Å². The van der Waals surface area contributed by atoms with Gasteiger partial charge < -0.3 is 5.32 Å². The zero-order chi connectivity index (χ0) is 18.5. The van der Waals surface area contributed by atoms with Crippen LogP contribution in [0.3, 0.4) is 0 Å². The summed E-state index contributed by atoms with van der Waals surface area (Å²) in [5.74, 6) is -0.0862. The van der Waals surface area contributed by atoms with Crippen molar-refractivity contribution in [1.29, 1.82) is 0 Å². The molecular weight excluding hydrogens is 327 g/mol. The van der Waals surface area contributed by atoms with Gasteiger partial charge in [-0.2, -0.15) is 0 Å². The smallest absolute Gasteiger partial charge is 0.223 e. The lowest BCUT2D eigenvalue weighted by Crippen LogP contribution is -2.40. The highest BCUT2D eigenvalue weighted by molar-refractivity contribution is 5.79. The largest absolute Gasteiger partial charge is 0.349 e. The number of halogens is 1. The van der Waals surface area contributed by atoms with Crippen LogP contribution in [0.15, 0.2) is 48.5 Å². The Kier molecular flexibility index (Phi) is 6.04. The van der Waals surface area contributed by atoms with E-state index in [0.29, 0.717) is 0 Å². The maximum Gasteiger partial charge on any atom is 0.223 e. The standard InChI is InChI=1S/C22H27FN2O/c1-16-4-3-5-18(14-16)15-25-12-10-20(11-13-25)22(26)24-17(2)19-6-8-21(23)9-7-19/h3-9,14,17,20H,10-13,15H2,1-2H3,(H,24,26). The van der Waals surface area contributed by atoms with Gasteiger partial charge in [0.2, 0.25) is 5.91 Å². The van der Waals surface area contributed by atoms with Crippen LogP contribution < -0.4 is 5.32 Å². The third-order valence-corrected chi connectivity index (χ3v) is 5.18. The fourth-order valence-electron chi connectivity index (χ4n) is 3.59. The van der Waals surface area contributed by atoms with Gasteiger partial charge in [0.05, 0.1) is 6.04 Å². The second-order valence-corrected chi connectivity index (χ2v) is 7.32. The van der Waals surface area contributed by atoms with E-state index >= 15 is 0 Å². The molecule has 1 aliphatic rings. The van der Waals surface area contributed by atoms with E-state index in [0.717, 1.165) is 38.0 Å². The molecule has 4 heteroatoms. The fraction of sp³-hybridized carbons (Fsp3) is 0.409. The van der Waals surface area contributed by atoms with Gasteiger partial charge in [-0.15, -0.1) is 0 Å². The van der Waals surface area contributed by atoms with E-state index in [1.54, 1.807) is 12.1 Å². The van der Waals surface area contributed by atoms with Gasteiger partial charge in [-0.25, -0.2) is 4.39 Å². The molecule has 1 unspecified atom stereocenters. The lowest BCUT2D eigenvalue weighted by atomic mass is 9.94. The summed E-state index contributed by atoms with van der Waals surface area (Å²) in [5, 5.41) is 3.08. The van der Waals surface area contributed by atoms with Crippen LogP contribution in [0, 0.1) is 18.7 Å². The lowest BCUT2D eigenvalue weighted by Gasteiger charge is -2.32. The van der Waals surface area contributed by atoms with Crippen LogP contribution in [0.1, 0.15) is 42.5 Å². The second-order valence-electron chi connectivity index (χ2n) is 7.32. The topological polar surface area (TPSA) is 32.3 Å². The van der Waals surface area contributed by atoms with Gasteiger partial charge in [-0.05, 0) is 63.0 Å². The molecule has 2 aromatic carbocycles. The Bertz CT molecular complexity index is 736. The van der Waals surface area contributed by atoms with Crippen molar-refractivity contribution in [3.05, 3.63) is 71.0 Å². The molecule has 1 fully saturated rings. The molecule has 1 N–H and O–H groups in total. The Morgan fingerprint density at radius 2 is 1.88 bits per heavy atom. The molecule has 0 aliphatic carbocycles. The van der Waals surface area contributed by atoms with E-state index in [2.05, 4.69) is 41.4 Å². The molecule has 0 bridgehead atoms. The zero-order valence-electron chi connectivity index (χ0n) is 15.5. The predicted octanol–water partition coefficient (Wildman–Crippen LogP) is 4.22. The number of nitrogens with one attached hydrogen (secondary N) is 1. The average Bonchev–Trinajstić information content (AvgIpc) is 2.63. The molecule has 3 rings (SSSR count). The molecule has 1 saturated heterocycles. The van der Waals surface area contributed by atoms with E-state index in [1.165, 1.54) is 23.3 Å². The first kappa shape index (κ1) is 18.6. The highest BCUT2D eigenvalue weighted by atomic mass is 19.1. The summed E-state index contributed by atoms with van der Waals surface area (Å²) in [7, 11) is 0. The van der Waals surface area contributed by atoms with Gasteiger partial charge in [-0.1, -0.05) is 42.0 Å². The van der Waals surface area contributed by atoms with E-state index in [-0.39, 0.29) is 23.7 Å². The molecule has 0 aromatic heterocycles. The molecular formula is C22H27FN2O. The molecule has 0 saturated carbocycles. The Balaban J connectivity index is 1.48. The minimum absolute atomic E-state index is 0.0617. The van der Waals surface area contributed by atoms with Crippen molar-refractivity contribution in [2.24, 2.45) is 5.92 Å². The van der Waals surface area contributed by atoms with Crippen molar-refractivity contribution < 1.29 is 9.18 Å². The Labute approximate surface area is 155 Å². The zero-order valence-corrected chi connectivity index (χ0v) is 15.5. The van der Waals surface area contributed by atoms with E-state index in [9.17, 15) is 9.18 Å². The molecule has 0 radical (unpaired) electrons. The SMILES string of the molecule is Cc1cccc(CN2CCC(C(=O)NC(C)c3ccc(F)cc3)CC2)c1. The van der Waals surface area contributed by atoms with Crippen molar-refractivity contribution in [2.45, 2.75) is 39.3 Å². The number of hydrogen-bond donors (Lipinski definition) is 1. The molecule has 138 valence electrons. The number of nitrogens with zero attached hydrogens (tertiary/aromatic N) is 1. The molecule has 1 atom stereocenters. The number of likely N-dealkylation sites (tertiary alicyclic amines) is 1. The predicted molar refractivity (Wildman–Crippen MR) is 102 cm³/mol. The monoisotopic (exact) mass is 354 g/mol. The van der Waals surface area contributed by atoms with Crippen LogP contribution in [-0.2, 0) is 11.3 Å². The fourth-order valence-corrected chi connectivity index (χ4v) is 3.59. The first-order valence-electron chi connectivity index (χ1n) is 9.35. The Hall–Kier alpha value is -2.20. The minimum atomic E-state index is -0.256. The summed E-state index contributed by atoms with van der Waals surface area (Å²) in [6, 6.07) is 14.8. The van der Waals surface area contributed by atoms with Crippen LogP contribution >= 0.6 is 0 Å². The first-order chi connectivity index (χ1) is 12.5. The summed E-state index contributed by atoms with van der Waals surface area (Å²) in [4.78, 5) is 15.0. The second kappa shape index (κ2) is 8.45. The Morgan fingerprint density at radius 1 is 1.19 bits per heavy atom. The molecule has 1 heterocycles. The lowest BCUT2D eigenvalue weighted by molar-refractivity contribution is -0.127. The summed E-state index contributed by atoms with van der Waals surface area (Å²) in [6.45, 7) is 6.89. The summed E-state index contributed by atoms with van der Waals surface area (Å²) in [6.07, 6.45) is 1.77. The van der Waals surface area contributed by atoms with Gasteiger partial charge in [0.15, 0.2) is 0 Å². The molecule has 26 heavy (non-hydrogen) atoms. The first-order valence-corrected chi connectivity index (χ1v) is 9.35. The summed E-state index contributed by atoms with van der Waals surface area (Å²) >= 11 is 0. The van der Waals surface area contributed by atoms with Crippen LogP contribution in [0.25, 0.3) is 0 Å². The number of amides is 1. The van der Waals surface area contributed by atoms with Crippen LogP contribution in [0.2, 0.25) is 0 Å². The van der Waals surface area contributed by atoms with Crippen LogP contribution in [0.5, 0.6) is 0 Å². The number of aryl methyl sites for hydroxylation is 1. The molecule has 1 aliphatic heterocycles. The van der Waals surface area contributed by atoms with Gasteiger partial charge in [0.1, 0.15) is 5.82 Å². The summed E-state index contributed by atoms with van der Waals surface area (Å²) in [5.41, 5.74) is 3.54. The molecule has 0 spiro atoms. The quantitative estimate of drug-likeness (QED) is 0.872. The highest BCUT2D eigenvalue weighted by Crippen LogP contribution is 2.21. The van der Waals surface area contributed by atoms with Gasteiger partial charge in [0, 0.05) is 12.5 Å². The summed E-state index contributed by atoms with van der Waals surface area (Å²) < 4.78 is 13.0. The third kappa shape index (κ3) is 4.92. The third-order valence-electron chi connectivity index (χ3n) is 5.18.